The van der Waals surface area contributed by atoms with E-state index in [0.717, 1.165) is 10.2 Å². The number of rotatable bonds is 7. The average molecular weight is 524 g/mol. The first kappa shape index (κ1) is 24.6. The number of benzene rings is 3. The zero-order valence-electron chi connectivity index (χ0n) is 17.7. The summed E-state index contributed by atoms with van der Waals surface area (Å²) < 4.78 is 61.0. The monoisotopic (exact) mass is 523 g/mol. The molecular formula is C24H15Cl2F4N3O2. The van der Waals surface area contributed by atoms with Crippen molar-refractivity contribution in [3.8, 4) is 5.75 Å². The van der Waals surface area contributed by atoms with Gasteiger partial charge >= 0.3 is 0 Å². The minimum Gasteiger partial charge on any atom is -0.487 e. The molecule has 35 heavy (non-hydrogen) atoms. The molecule has 180 valence electrons. The van der Waals surface area contributed by atoms with Crippen LogP contribution in [0.15, 0.2) is 60.9 Å². The number of halogens is 6. The van der Waals surface area contributed by atoms with E-state index < -0.39 is 41.3 Å². The number of amides is 1. The van der Waals surface area contributed by atoms with E-state index in [1.54, 1.807) is 42.5 Å². The van der Waals surface area contributed by atoms with Crippen molar-refractivity contribution < 1.29 is 27.1 Å². The summed E-state index contributed by atoms with van der Waals surface area (Å²) in [6, 6.07) is 11.7. The quantitative estimate of drug-likeness (QED) is 0.168. The van der Waals surface area contributed by atoms with Crippen LogP contribution in [0, 0.1) is 23.3 Å². The highest BCUT2D eigenvalue weighted by Crippen LogP contribution is 2.28. The maximum atomic E-state index is 13.9. The maximum absolute atomic E-state index is 13.9. The van der Waals surface area contributed by atoms with Crippen LogP contribution in [0.4, 0.5) is 23.2 Å². The fourth-order valence-corrected chi connectivity index (χ4v) is 3.60. The van der Waals surface area contributed by atoms with Crippen LogP contribution in [0.5, 0.6) is 5.75 Å². The molecule has 11 heteroatoms. The van der Waals surface area contributed by atoms with Crippen LogP contribution in [-0.2, 0) is 13.2 Å². The summed E-state index contributed by atoms with van der Waals surface area (Å²) in [5, 5.41) is 7.36. The van der Waals surface area contributed by atoms with Crippen molar-refractivity contribution in [2.75, 3.05) is 5.32 Å². The van der Waals surface area contributed by atoms with Crippen LogP contribution < -0.4 is 10.1 Å². The van der Waals surface area contributed by atoms with Gasteiger partial charge in [-0.2, -0.15) is 5.10 Å². The van der Waals surface area contributed by atoms with E-state index in [2.05, 4.69) is 10.4 Å². The van der Waals surface area contributed by atoms with E-state index >= 15 is 0 Å². The molecular weight excluding hydrogens is 509 g/mol. The average Bonchev–Trinajstić information content (AvgIpc) is 3.27. The standard InChI is InChI=1S/C24H15Cl2F4N3O2/c25-15-5-6-21(18(26)7-15)35-12-13-1-3-14(4-2-13)24(34)32-16-9-31-33(10-16)11-17-19(27)8-20(28)23(30)22(17)29/h1-10H,11-12H2,(H,32,34). The number of nitrogens with one attached hydrogen (secondary N) is 1. The van der Waals surface area contributed by atoms with Gasteiger partial charge in [-0.15, -0.1) is 0 Å². The van der Waals surface area contributed by atoms with Gasteiger partial charge < -0.3 is 10.1 Å². The molecule has 0 spiro atoms. The summed E-state index contributed by atoms with van der Waals surface area (Å²) in [6.45, 7) is -0.288. The number of carbonyl (C=O) groups is 1. The second-order valence-electron chi connectivity index (χ2n) is 7.39. The van der Waals surface area contributed by atoms with Crippen molar-refractivity contribution in [2.45, 2.75) is 13.2 Å². The molecule has 0 atom stereocenters. The Hall–Kier alpha value is -3.56. The van der Waals surface area contributed by atoms with Gasteiger partial charge in [0.25, 0.3) is 5.91 Å². The largest absolute Gasteiger partial charge is 0.487 e. The fraction of sp³-hybridized carbons (Fsp3) is 0.0833. The van der Waals surface area contributed by atoms with Crippen LogP contribution in [0.3, 0.4) is 0 Å². The Balaban J connectivity index is 1.37. The molecule has 0 saturated carbocycles. The first-order valence-electron chi connectivity index (χ1n) is 10.0. The molecule has 4 rings (SSSR count). The van der Waals surface area contributed by atoms with Crippen LogP contribution >= 0.6 is 23.2 Å². The Kier molecular flexibility index (Phi) is 7.28. The second-order valence-corrected chi connectivity index (χ2v) is 8.23. The lowest BCUT2D eigenvalue weighted by Gasteiger charge is -2.09. The molecule has 0 aliphatic heterocycles. The number of hydrogen-bond acceptors (Lipinski definition) is 3. The summed E-state index contributed by atoms with van der Waals surface area (Å²) in [5.41, 5.74) is 0.672. The van der Waals surface area contributed by atoms with Gasteiger partial charge in [0.2, 0.25) is 0 Å². The zero-order chi connectivity index (χ0) is 25.1. The third-order valence-electron chi connectivity index (χ3n) is 4.92. The highest BCUT2D eigenvalue weighted by atomic mass is 35.5. The molecule has 0 unspecified atom stereocenters. The smallest absolute Gasteiger partial charge is 0.255 e. The molecule has 0 fully saturated rings. The van der Waals surface area contributed by atoms with Crippen molar-refractivity contribution in [1.29, 1.82) is 0 Å². The molecule has 0 aliphatic carbocycles. The predicted octanol–water partition coefficient (Wildman–Crippen LogP) is 6.63. The fourth-order valence-electron chi connectivity index (χ4n) is 3.13. The Morgan fingerprint density at radius 2 is 1.71 bits per heavy atom. The van der Waals surface area contributed by atoms with Gasteiger partial charge in [0.15, 0.2) is 17.5 Å². The van der Waals surface area contributed by atoms with E-state index in [0.29, 0.717) is 21.4 Å². The SMILES string of the molecule is O=C(Nc1cnn(Cc2c(F)cc(F)c(F)c2F)c1)c1ccc(COc2ccc(Cl)cc2Cl)cc1. The third kappa shape index (κ3) is 5.75. The molecule has 0 aliphatic rings. The van der Waals surface area contributed by atoms with Crippen molar-refractivity contribution in [3.63, 3.8) is 0 Å². The van der Waals surface area contributed by atoms with E-state index in [9.17, 15) is 22.4 Å². The lowest BCUT2D eigenvalue weighted by Crippen LogP contribution is -2.12. The number of aromatic nitrogens is 2. The molecule has 4 aromatic rings. The first-order valence-corrected chi connectivity index (χ1v) is 10.8. The topological polar surface area (TPSA) is 56.2 Å². The van der Waals surface area contributed by atoms with Crippen molar-refractivity contribution in [3.05, 3.63) is 111 Å². The van der Waals surface area contributed by atoms with Gasteiger partial charge in [-0.3, -0.25) is 9.48 Å². The van der Waals surface area contributed by atoms with E-state index in [1.807, 2.05) is 0 Å². The van der Waals surface area contributed by atoms with Crippen LogP contribution in [-0.4, -0.2) is 15.7 Å². The van der Waals surface area contributed by atoms with E-state index in [-0.39, 0.29) is 18.4 Å². The summed E-state index contributed by atoms with van der Waals surface area (Å²) in [4.78, 5) is 12.5. The molecule has 3 aromatic carbocycles. The number of nitrogens with zero attached hydrogens (tertiary/aromatic N) is 2. The third-order valence-corrected chi connectivity index (χ3v) is 5.46. The number of ether oxygens (including phenoxy) is 1. The molecule has 0 saturated heterocycles. The molecule has 1 amide bonds. The zero-order valence-corrected chi connectivity index (χ0v) is 19.2. The molecule has 5 nitrogen and oxygen atoms in total. The van der Waals surface area contributed by atoms with Gasteiger partial charge in [-0.05, 0) is 35.9 Å². The van der Waals surface area contributed by atoms with Gasteiger partial charge in [-0.1, -0.05) is 35.3 Å². The lowest BCUT2D eigenvalue weighted by molar-refractivity contribution is 0.102. The molecule has 0 radical (unpaired) electrons. The Morgan fingerprint density at radius 3 is 2.43 bits per heavy atom. The first-order chi connectivity index (χ1) is 16.7. The van der Waals surface area contributed by atoms with Crippen molar-refractivity contribution in [2.24, 2.45) is 0 Å². The number of anilines is 1. The molecule has 1 N–H and O–H groups in total. The highest BCUT2D eigenvalue weighted by molar-refractivity contribution is 6.35. The molecule has 1 heterocycles. The summed E-state index contributed by atoms with van der Waals surface area (Å²) in [6.07, 6.45) is 2.56. The van der Waals surface area contributed by atoms with Crippen LogP contribution in [0.2, 0.25) is 10.0 Å². The summed E-state index contributed by atoms with van der Waals surface area (Å²) in [7, 11) is 0. The van der Waals surface area contributed by atoms with Crippen LogP contribution in [0.1, 0.15) is 21.5 Å². The predicted molar refractivity (Wildman–Crippen MR) is 123 cm³/mol. The van der Waals surface area contributed by atoms with Gasteiger partial charge in [0.05, 0.1) is 23.5 Å². The van der Waals surface area contributed by atoms with Gasteiger partial charge in [0.1, 0.15) is 18.2 Å². The Labute approximate surface area is 206 Å². The van der Waals surface area contributed by atoms with Crippen molar-refractivity contribution in [1.82, 2.24) is 9.78 Å². The molecule has 0 bridgehead atoms. The van der Waals surface area contributed by atoms with Crippen LogP contribution in [0.25, 0.3) is 0 Å². The maximum Gasteiger partial charge on any atom is 0.255 e. The number of carbonyl (C=O) groups excluding carboxylic acids is 1. The normalized spacial score (nSPS) is 10.9. The second kappa shape index (κ2) is 10.4. The van der Waals surface area contributed by atoms with E-state index in [4.69, 9.17) is 27.9 Å². The van der Waals surface area contributed by atoms with Gasteiger partial charge in [0, 0.05) is 28.4 Å². The minimum absolute atomic E-state index is 0.215. The Morgan fingerprint density at radius 1 is 0.971 bits per heavy atom. The Bertz CT molecular complexity index is 1390. The van der Waals surface area contributed by atoms with Gasteiger partial charge in [-0.25, -0.2) is 17.6 Å². The van der Waals surface area contributed by atoms with E-state index in [1.165, 1.54) is 12.4 Å². The minimum atomic E-state index is -1.77. The summed E-state index contributed by atoms with van der Waals surface area (Å²) >= 11 is 11.9. The molecule has 1 aromatic heterocycles. The highest BCUT2D eigenvalue weighted by Gasteiger charge is 2.19. The number of hydrogen-bond donors (Lipinski definition) is 1. The van der Waals surface area contributed by atoms with Crippen molar-refractivity contribution >= 4 is 34.8 Å². The lowest BCUT2D eigenvalue weighted by atomic mass is 10.1. The summed E-state index contributed by atoms with van der Waals surface area (Å²) in [5.74, 6) is -6.26.